The fraction of sp³-hybridized carbons (Fsp3) is 0.750. The van der Waals surface area contributed by atoms with Crippen molar-refractivity contribution in [2.24, 2.45) is 17.3 Å². The van der Waals surface area contributed by atoms with Crippen LogP contribution >= 0.6 is 0 Å². The lowest BCUT2D eigenvalue weighted by molar-refractivity contribution is -0.138. The van der Waals surface area contributed by atoms with E-state index in [2.05, 4.69) is 0 Å². The van der Waals surface area contributed by atoms with Crippen molar-refractivity contribution in [3.05, 3.63) is 0 Å². The van der Waals surface area contributed by atoms with Crippen molar-refractivity contribution in [3.63, 3.8) is 0 Å². The molecule has 2 aliphatic carbocycles. The third-order valence-corrected chi connectivity index (χ3v) is 4.04. The van der Waals surface area contributed by atoms with E-state index in [1.807, 2.05) is 0 Å². The maximum atomic E-state index is 12.0. The summed E-state index contributed by atoms with van der Waals surface area (Å²) in [5, 5.41) is 0. The number of ketones is 3. The summed E-state index contributed by atoms with van der Waals surface area (Å²) >= 11 is 0. The standard InChI is InChI=1S/C12H16O3/c1-7(13)5-8-3-4-12(2)10(14)6-9(8)11(12)15/h8-9H,3-6H2,1-2H3. The Bertz CT molecular complexity index is 345. The SMILES string of the molecule is CC(=O)CC1CCC2(C)C(=O)CC1C2=O. The van der Waals surface area contributed by atoms with Gasteiger partial charge in [-0.05, 0) is 32.6 Å². The molecule has 2 rings (SSSR count). The second-order valence-corrected chi connectivity index (χ2v) is 5.14. The lowest BCUT2D eigenvalue weighted by Gasteiger charge is -2.31. The lowest BCUT2D eigenvalue weighted by Crippen LogP contribution is -2.37. The Morgan fingerprint density at radius 2 is 2.13 bits per heavy atom. The molecule has 0 amide bonds. The van der Waals surface area contributed by atoms with Gasteiger partial charge in [-0.15, -0.1) is 0 Å². The molecular formula is C12H16O3. The first-order valence-corrected chi connectivity index (χ1v) is 5.52. The molecule has 2 bridgehead atoms. The third-order valence-electron chi connectivity index (χ3n) is 4.04. The molecule has 15 heavy (non-hydrogen) atoms. The second-order valence-electron chi connectivity index (χ2n) is 5.14. The summed E-state index contributed by atoms with van der Waals surface area (Å²) < 4.78 is 0. The largest absolute Gasteiger partial charge is 0.300 e. The Kier molecular flexibility index (Phi) is 2.28. The van der Waals surface area contributed by atoms with Crippen molar-refractivity contribution in [1.29, 1.82) is 0 Å². The van der Waals surface area contributed by atoms with Gasteiger partial charge >= 0.3 is 0 Å². The maximum absolute atomic E-state index is 12.0. The summed E-state index contributed by atoms with van der Waals surface area (Å²) in [7, 11) is 0. The van der Waals surface area contributed by atoms with Crippen molar-refractivity contribution in [1.82, 2.24) is 0 Å². The Labute approximate surface area is 89.2 Å². The molecule has 3 heteroatoms. The van der Waals surface area contributed by atoms with E-state index in [9.17, 15) is 14.4 Å². The summed E-state index contributed by atoms with van der Waals surface area (Å²) in [5.74, 6) is 0.249. The molecular weight excluding hydrogens is 192 g/mol. The van der Waals surface area contributed by atoms with Gasteiger partial charge < -0.3 is 4.79 Å². The van der Waals surface area contributed by atoms with Crippen LogP contribution in [0, 0.1) is 17.3 Å². The molecule has 3 unspecified atom stereocenters. The number of carbonyl (C=O) groups is 3. The van der Waals surface area contributed by atoms with Crippen LogP contribution in [-0.4, -0.2) is 17.3 Å². The van der Waals surface area contributed by atoms with Crippen LogP contribution in [0.5, 0.6) is 0 Å². The highest BCUT2D eigenvalue weighted by atomic mass is 16.2. The van der Waals surface area contributed by atoms with Crippen LogP contribution in [0.2, 0.25) is 0 Å². The average Bonchev–Trinajstić information content (AvgIpc) is 2.30. The Balaban J connectivity index is 2.22. The summed E-state index contributed by atoms with van der Waals surface area (Å²) in [6, 6.07) is 0. The zero-order chi connectivity index (χ0) is 11.2. The Morgan fingerprint density at radius 1 is 1.47 bits per heavy atom. The van der Waals surface area contributed by atoms with Crippen molar-refractivity contribution < 1.29 is 14.4 Å². The summed E-state index contributed by atoms with van der Waals surface area (Å²) in [6.45, 7) is 3.32. The molecule has 3 nitrogen and oxygen atoms in total. The minimum atomic E-state index is -0.710. The topological polar surface area (TPSA) is 51.2 Å². The van der Waals surface area contributed by atoms with E-state index in [1.54, 1.807) is 13.8 Å². The van der Waals surface area contributed by atoms with Gasteiger partial charge in [-0.25, -0.2) is 0 Å². The number of carbonyl (C=O) groups excluding carboxylic acids is 3. The van der Waals surface area contributed by atoms with Gasteiger partial charge in [0, 0.05) is 18.8 Å². The highest BCUT2D eigenvalue weighted by molar-refractivity contribution is 6.14. The van der Waals surface area contributed by atoms with Gasteiger partial charge in [-0.2, -0.15) is 0 Å². The minimum absolute atomic E-state index is 0.0866. The van der Waals surface area contributed by atoms with Gasteiger partial charge in [0.1, 0.15) is 17.3 Å². The highest BCUT2D eigenvalue weighted by Gasteiger charge is 2.56. The van der Waals surface area contributed by atoms with Crippen molar-refractivity contribution in [3.8, 4) is 0 Å². The minimum Gasteiger partial charge on any atom is -0.300 e. The van der Waals surface area contributed by atoms with Gasteiger partial charge in [0.15, 0.2) is 0 Å². The molecule has 0 aromatic rings. The molecule has 0 spiro atoms. The van der Waals surface area contributed by atoms with Crippen LogP contribution in [0.1, 0.15) is 39.5 Å². The van der Waals surface area contributed by atoms with Gasteiger partial charge in [0.25, 0.3) is 0 Å². The van der Waals surface area contributed by atoms with E-state index >= 15 is 0 Å². The molecule has 3 atom stereocenters. The molecule has 0 saturated heterocycles. The fourth-order valence-electron chi connectivity index (χ4n) is 3.00. The van der Waals surface area contributed by atoms with E-state index < -0.39 is 5.41 Å². The zero-order valence-corrected chi connectivity index (χ0v) is 9.21. The Hall–Kier alpha value is -0.990. The molecule has 2 fully saturated rings. The van der Waals surface area contributed by atoms with E-state index in [-0.39, 0.29) is 29.2 Å². The van der Waals surface area contributed by atoms with Crippen LogP contribution in [0.15, 0.2) is 0 Å². The number of Topliss-reactive ketones (excluding diaryl/α,β-unsaturated/α-hetero) is 3. The zero-order valence-electron chi connectivity index (χ0n) is 9.21. The first-order valence-electron chi connectivity index (χ1n) is 5.52. The van der Waals surface area contributed by atoms with E-state index in [4.69, 9.17) is 0 Å². The molecule has 2 saturated carbocycles. The van der Waals surface area contributed by atoms with Crippen molar-refractivity contribution in [2.75, 3.05) is 0 Å². The average molecular weight is 208 g/mol. The predicted octanol–water partition coefficient (Wildman–Crippen LogP) is 1.54. The first-order chi connectivity index (χ1) is 6.95. The highest BCUT2D eigenvalue weighted by Crippen LogP contribution is 2.49. The second kappa shape index (κ2) is 3.26. The van der Waals surface area contributed by atoms with E-state index in [0.29, 0.717) is 19.3 Å². The van der Waals surface area contributed by atoms with Gasteiger partial charge in [-0.1, -0.05) is 0 Å². The monoisotopic (exact) mass is 208 g/mol. The molecule has 0 aromatic heterocycles. The fourth-order valence-corrected chi connectivity index (χ4v) is 3.00. The van der Waals surface area contributed by atoms with Crippen molar-refractivity contribution in [2.45, 2.75) is 39.5 Å². The van der Waals surface area contributed by atoms with Gasteiger partial charge in [0.05, 0.1) is 5.41 Å². The molecule has 2 aliphatic rings. The summed E-state index contributed by atoms with van der Waals surface area (Å²) in [5.41, 5.74) is -0.710. The van der Waals surface area contributed by atoms with Crippen LogP contribution in [0.4, 0.5) is 0 Å². The van der Waals surface area contributed by atoms with Gasteiger partial charge in [-0.3, -0.25) is 9.59 Å². The normalized spacial score (nSPS) is 39.6. The Morgan fingerprint density at radius 3 is 2.73 bits per heavy atom. The number of hydrogen-bond acceptors (Lipinski definition) is 3. The molecule has 0 radical (unpaired) electrons. The summed E-state index contributed by atoms with van der Waals surface area (Å²) in [6.07, 6.45) is 2.31. The molecule has 82 valence electrons. The molecule has 0 N–H and O–H groups in total. The number of rotatable bonds is 2. The first kappa shape index (κ1) is 10.5. The molecule has 0 aliphatic heterocycles. The van der Waals surface area contributed by atoms with E-state index in [1.165, 1.54) is 0 Å². The van der Waals surface area contributed by atoms with Crippen LogP contribution in [0.25, 0.3) is 0 Å². The smallest absolute Gasteiger partial charge is 0.149 e. The third kappa shape index (κ3) is 1.45. The quantitative estimate of drug-likeness (QED) is 0.647. The lowest BCUT2D eigenvalue weighted by atomic mass is 9.70. The number of hydrogen-bond donors (Lipinski definition) is 0. The van der Waals surface area contributed by atoms with Crippen molar-refractivity contribution >= 4 is 17.3 Å². The van der Waals surface area contributed by atoms with Crippen LogP contribution in [-0.2, 0) is 14.4 Å². The summed E-state index contributed by atoms with van der Waals surface area (Å²) in [4.78, 5) is 34.8. The van der Waals surface area contributed by atoms with Crippen LogP contribution in [0.3, 0.4) is 0 Å². The molecule has 0 aromatic carbocycles. The number of fused-ring (bicyclic) bond motifs is 2. The molecule has 0 heterocycles. The predicted molar refractivity (Wildman–Crippen MR) is 54.3 cm³/mol. The van der Waals surface area contributed by atoms with E-state index in [0.717, 1.165) is 6.42 Å². The van der Waals surface area contributed by atoms with Crippen LogP contribution < -0.4 is 0 Å². The van der Waals surface area contributed by atoms with Gasteiger partial charge in [0.2, 0.25) is 0 Å². The maximum Gasteiger partial charge on any atom is 0.149 e.